The molecule has 0 bridgehead atoms. The Morgan fingerprint density at radius 2 is 1.83 bits per heavy atom. The molecule has 0 radical (unpaired) electrons. The molecule has 1 saturated heterocycles. The van der Waals surface area contributed by atoms with E-state index in [1.165, 1.54) is 18.3 Å². The predicted octanol–water partition coefficient (Wildman–Crippen LogP) is 0.186. The second kappa shape index (κ2) is 7.66. The maximum atomic E-state index is 12.3. The Bertz CT molecular complexity index is 717. The van der Waals surface area contributed by atoms with Gasteiger partial charge in [-0.1, -0.05) is 5.92 Å². The molecular weight excluding hydrogens is 330 g/mol. The molecule has 0 amide bonds. The van der Waals surface area contributed by atoms with Gasteiger partial charge in [-0.05, 0) is 31.2 Å². The topological polar surface area (TPSA) is 79.0 Å². The molecule has 1 aliphatic rings. The summed E-state index contributed by atoms with van der Waals surface area (Å²) < 4.78 is 32.8. The van der Waals surface area contributed by atoms with Crippen LogP contribution in [-0.2, 0) is 19.7 Å². The molecule has 0 aliphatic carbocycles. The van der Waals surface area contributed by atoms with Crippen LogP contribution in [0, 0.1) is 12.3 Å². The van der Waals surface area contributed by atoms with E-state index in [0.29, 0.717) is 26.2 Å². The van der Waals surface area contributed by atoms with Crippen LogP contribution in [-0.4, -0.2) is 58.0 Å². The molecule has 130 valence electrons. The number of rotatable bonds is 5. The van der Waals surface area contributed by atoms with Crippen molar-refractivity contribution in [2.24, 2.45) is 0 Å². The highest BCUT2D eigenvalue weighted by atomic mass is 32.2. The van der Waals surface area contributed by atoms with Crippen LogP contribution in [0.3, 0.4) is 0 Å². The van der Waals surface area contributed by atoms with Crippen molar-refractivity contribution in [3.05, 3.63) is 29.8 Å². The van der Waals surface area contributed by atoms with E-state index in [1.807, 2.05) is 24.3 Å². The lowest BCUT2D eigenvalue weighted by Gasteiger charge is -2.35. The van der Waals surface area contributed by atoms with Gasteiger partial charge in [0.1, 0.15) is 6.04 Å². The fraction of sp³-hybridized carbons (Fsp3) is 0.438. The molecule has 1 atom stereocenters. The molecule has 0 spiro atoms. The Balaban J connectivity index is 1.96. The summed E-state index contributed by atoms with van der Waals surface area (Å²) in [4.78, 5) is 13.5. The third-order valence-corrected chi connectivity index (χ3v) is 5.55. The molecule has 2 rings (SSSR count). The Labute approximate surface area is 142 Å². The highest BCUT2D eigenvalue weighted by Crippen LogP contribution is 2.18. The minimum absolute atomic E-state index is 0.333. The van der Waals surface area contributed by atoms with E-state index in [-0.39, 0.29) is 0 Å². The maximum absolute atomic E-state index is 12.3. The van der Waals surface area contributed by atoms with E-state index < -0.39 is 22.2 Å². The van der Waals surface area contributed by atoms with Crippen LogP contribution in [0.2, 0.25) is 0 Å². The van der Waals surface area contributed by atoms with Gasteiger partial charge in [-0.2, -0.15) is 17.4 Å². The molecule has 0 aromatic heterocycles. The second-order valence-corrected chi connectivity index (χ2v) is 7.15. The second-order valence-electron chi connectivity index (χ2n) is 5.45. The van der Waals surface area contributed by atoms with E-state index in [9.17, 15) is 13.2 Å². The first-order valence-electron chi connectivity index (χ1n) is 7.54. The van der Waals surface area contributed by atoms with Gasteiger partial charge >= 0.3 is 5.97 Å². The van der Waals surface area contributed by atoms with Gasteiger partial charge in [0.25, 0.3) is 10.2 Å². The fourth-order valence-corrected chi connectivity index (χ4v) is 3.81. The smallest absolute Gasteiger partial charge is 0.323 e. The molecule has 7 nitrogen and oxygen atoms in total. The van der Waals surface area contributed by atoms with Crippen molar-refractivity contribution in [2.75, 3.05) is 38.2 Å². The van der Waals surface area contributed by atoms with Gasteiger partial charge in [0.15, 0.2) is 0 Å². The van der Waals surface area contributed by atoms with E-state index >= 15 is 0 Å². The van der Waals surface area contributed by atoms with Gasteiger partial charge in [-0.25, -0.2) is 0 Å². The summed E-state index contributed by atoms with van der Waals surface area (Å²) in [6.07, 6.45) is 5.34. The quantitative estimate of drug-likeness (QED) is 0.605. The van der Waals surface area contributed by atoms with Crippen molar-refractivity contribution in [1.82, 2.24) is 9.03 Å². The lowest BCUT2D eigenvalue weighted by atomic mass is 10.2. The van der Waals surface area contributed by atoms with Crippen LogP contribution in [0.4, 0.5) is 5.69 Å². The number of terminal acetylenes is 1. The van der Waals surface area contributed by atoms with Crippen molar-refractivity contribution in [3.63, 3.8) is 0 Å². The Morgan fingerprint density at radius 1 is 1.25 bits per heavy atom. The average molecular weight is 351 g/mol. The van der Waals surface area contributed by atoms with Crippen molar-refractivity contribution in [2.45, 2.75) is 13.0 Å². The molecule has 1 aromatic carbocycles. The van der Waals surface area contributed by atoms with Gasteiger partial charge in [0.2, 0.25) is 0 Å². The summed E-state index contributed by atoms with van der Waals surface area (Å²) in [5.74, 6) is 1.94. The SMILES string of the molecule is C#Cc1ccc(N2CCN(S(=O)(=O)N[C@H](C)C(=O)OC)CC2)cc1. The number of carbonyl (C=O) groups is 1. The van der Waals surface area contributed by atoms with Crippen LogP contribution < -0.4 is 9.62 Å². The molecule has 1 aliphatic heterocycles. The first-order valence-corrected chi connectivity index (χ1v) is 8.98. The summed E-state index contributed by atoms with van der Waals surface area (Å²) in [5.41, 5.74) is 1.81. The number of hydrogen-bond acceptors (Lipinski definition) is 5. The third-order valence-electron chi connectivity index (χ3n) is 3.86. The largest absolute Gasteiger partial charge is 0.468 e. The monoisotopic (exact) mass is 351 g/mol. The number of ether oxygens (including phenoxy) is 1. The van der Waals surface area contributed by atoms with Gasteiger partial charge in [-0.15, -0.1) is 6.42 Å². The Hall–Kier alpha value is -2.08. The van der Waals surface area contributed by atoms with Gasteiger partial charge in [-0.3, -0.25) is 4.79 Å². The lowest BCUT2D eigenvalue weighted by Crippen LogP contribution is -2.54. The van der Waals surface area contributed by atoms with E-state index in [1.54, 1.807) is 0 Å². The number of benzene rings is 1. The Morgan fingerprint density at radius 3 is 2.33 bits per heavy atom. The minimum atomic E-state index is -3.72. The first-order chi connectivity index (χ1) is 11.4. The molecule has 1 N–H and O–H groups in total. The normalized spacial score (nSPS) is 17.1. The van der Waals surface area contributed by atoms with E-state index in [0.717, 1.165) is 11.3 Å². The van der Waals surface area contributed by atoms with Crippen molar-refractivity contribution in [1.29, 1.82) is 0 Å². The number of esters is 1. The van der Waals surface area contributed by atoms with Crippen molar-refractivity contribution in [3.8, 4) is 12.3 Å². The average Bonchev–Trinajstić information content (AvgIpc) is 2.60. The molecule has 1 fully saturated rings. The molecule has 24 heavy (non-hydrogen) atoms. The molecular formula is C16H21N3O4S. The summed E-state index contributed by atoms with van der Waals surface area (Å²) in [5, 5.41) is 0. The summed E-state index contributed by atoms with van der Waals surface area (Å²) >= 11 is 0. The summed E-state index contributed by atoms with van der Waals surface area (Å²) in [7, 11) is -2.51. The minimum Gasteiger partial charge on any atom is -0.468 e. The molecule has 1 aromatic rings. The number of methoxy groups -OCH3 is 1. The predicted molar refractivity (Wildman–Crippen MR) is 91.7 cm³/mol. The van der Waals surface area contributed by atoms with Crippen molar-refractivity contribution >= 4 is 21.9 Å². The number of piperazine rings is 1. The zero-order valence-electron chi connectivity index (χ0n) is 13.7. The first kappa shape index (κ1) is 18.3. The maximum Gasteiger partial charge on any atom is 0.323 e. The lowest BCUT2D eigenvalue weighted by molar-refractivity contribution is -0.142. The molecule has 8 heteroatoms. The van der Waals surface area contributed by atoms with Gasteiger partial charge in [0, 0.05) is 37.4 Å². The fourth-order valence-electron chi connectivity index (χ4n) is 2.48. The van der Waals surface area contributed by atoms with Crippen LogP contribution in [0.25, 0.3) is 0 Å². The van der Waals surface area contributed by atoms with Gasteiger partial charge in [0.05, 0.1) is 7.11 Å². The van der Waals surface area contributed by atoms with Gasteiger partial charge < -0.3 is 9.64 Å². The van der Waals surface area contributed by atoms with E-state index in [2.05, 4.69) is 20.3 Å². The number of carbonyl (C=O) groups excluding carboxylic acids is 1. The summed E-state index contributed by atoms with van der Waals surface area (Å²) in [6.45, 7) is 3.23. The van der Waals surface area contributed by atoms with E-state index in [4.69, 9.17) is 6.42 Å². The molecule has 0 unspecified atom stereocenters. The number of anilines is 1. The highest BCUT2D eigenvalue weighted by molar-refractivity contribution is 7.87. The standard InChI is InChI=1S/C16H21N3O4S/c1-4-14-5-7-15(8-6-14)18-9-11-19(12-10-18)24(21,22)17-13(2)16(20)23-3/h1,5-8,13,17H,9-12H2,2-3H3/t13-/m1/s1. The molecule has 0 saturated carbocycles. The van der Waals surface area contributed by atoms with Crippen molar-refractivity contribution < 1.29 is 17.9 Å². The zero-order chi connectivity index (χ0) is 17.7. The van der Waals surface area contributed by atoms with Crippen LogP contribution in [0.1, 0.15) is 12.5 Å². The van der Waals surface area contributed by atoms with Crippen LogP contribution in [0.15, 0.2) is 24.3 Å². The Kier molecular flexibility index (Phi) is 5.83. The molecule has 1 heterocycles. The zero-order valence-corrected chi connectivity index (χ0v) is 14.5. The summed E-state index contributed by atoms with van der Waals surface area (Å²) in [6, 6.07) is 6.65. The number of hydrogen-bond donors (Lipinski definition) is 1. The van der Waals surface area contributed by atoms with Crippen LogP contribution >= 0.6 is 0 Å². The third kappa shape index (κ3) is 4.26. The van der Waals surface area contributed by atoms with Crippen LogP contribution in [0.5, 0.6) is 0 Å². The number of nitrogens with one attached hydrogen (secondary N) is 1. The highest BCUT2D eigenvalue weighted by Gasteiger charge is 2.30. The number of nitrogens with zero attached hydrogens (tertiary/aromatic N) is 2.